The van der Waals surface area contributed by atoms with Gasteiger partial charge in [-0.2, -0.15) is 0 Å². The number of aromatic nitrogens is 3. The number of aryl methyl sites for hydroxylation is 2. The zero-order valence-electron chi connectivity index (χ0n) is 17.9. The highest BCUT2D eigenvalue weighted by Gasteiger charge is 2.34. The van der Waals surface area contributed by atoms with Crippen LogP contribution in [0.15, 0.2) is 35.1 Å². The largest absolute Gasteiger partial charge is 0.473 e. The summed E-state index contributed by atoms with van der Waals surface area (Å²) in [5.41, 5.74) is 5.57. The van der Waals surface area contributed by atoms with Crippen LogP contribution in [-0.4, -0.2) is 27.5 Å². The molecule has 4 heterocycles. The third-order valence-corrected chi connectivity index (χ3v) is 6.38. The van der Waals surface area contributed by atoms with Crippen LogP contribution < -0.4 is 10.1 Å². The second kappa shape index (κ2) is 8.23. The standard InChI is InChI=1S/C24H26N4O3/c1-14-6-7-18(11-26-14)22-20(15(2)31-28-22)13-30-21-10-17-8-9-25-23(19(17)12-27-21)24(29)16-4-3-5-16/h6-7,10-12,16,23,25H,3-5,8-9,13H2,1-2H3. The van der Waals surface area contributed by atoms with Gasteiger partial charge in [0.05, 0.1) is 11.6 Å². The molecule has 7 heteroatoms. The lowest BCUT2D eigenvalue weighted by molar-refractivity contribution is -0.127. The van der Waals surface area contributed by atoms with Gasteiger partial charge in [-0.3, -0.25) is 9.78 Å². The van der Waals surface area contributed by atoms with Gasteiger partial charge >= 0.3 is 0 Å². The summed E-state index contributed by atoms with van der Waals surface area (Å²) in [6, 6.07) is 5.65. The molecule has 31 heavy (non-hydrogen) atoms. The van der Waals surface area contributed by atoms with E-state index in [-0.39, 0.29) is 12.0 Å². The molecule has 160 valence electrons. The molecule has 1 saturated carbocycles. The lowest BCUT2D eigenvalue weighted by Gasteiger charge is -2.32. The summed E-state index contributed by atoms with van der Waals surface area (Å²) >= 11 is 0. The van der Waals surface area contributed by atoms with Crippen molar-refractivity contribution < 1.29 is 14.1 Å². The van der Waals surface area contributed by atoms with E-state index < -0.39 is 0 Å². The molecule has 1 aliphatic carbocycles. The predicted molar refractivity (Wildman–Crippen MR) is 115 cm³/mol. The first-order chi connectivity index (χ1) is 15.1. The molecule has 5 rings (SSSR count). The maximum Gasteiger partial charge on any atom is 0.213 e. The highest BCUT2D eigenvalue weighted by molar-refractivity contribution is 5.88. The van der Waals surface area contributed by atoms with E-state index in [0.29, 0.717) is 24.0 Å². The zero-order valence-corrected chi connectivity index (χ0v) is 17.9. The number of carbonyl (C=O) groups excluding carboxylic acids is 1. The fourth-order valence-corrected chi connectivity index (χ4v) is 4.23. The van der Waals surface area contributed by atoms with E-state index in [1.807, 2.05) is 32.0 Å². The lowest BCUT2D eigenvalue weighted by Crippen LogP contribution is -2.39. The monoisotopic (exact) mass is 418 g/mol. The van der Waals surface area contributed by atoms with Crippen molar-refractivity contribution >= 4 is 5.78 Å². The molecular weight excluding hydrogens is 392 g/mol. The quantitative estimate of drug-likeness (QED) is 0.649. The molecule has 0 spiro atoms. The molecule has 1 N–H and O–H groups in total. The van der Waals surface area contributed by atoms with Gasteiger partial charge in [-0.1, -0.05) is 11.6 Å². The number of hydrogen-bond donors (Lipinski definition) is 1. The summed E-state index contributed by atoms with van der Waals surface area (Å²) in [5, 5.41) is 7.57. The summed E-state index contributed by atoms with van der Waals surface area (Å²) < 4.78 is 11.4. The minimum absolute atomic E-state index is 0.200. The number of Topliss-reactive ketones (excluding diaryl/α,β-unsaturated/α-hetero) is 1. The van der Waals surface area contributed by atoms with Gasteiger partial charge in [-0.05, 0) is 56.4 Å². The predicted octanol–water partition coefficient (Wildman–Crippen LogP) is 3.88. The molecule has 0 bridgehead atoms. The number of nitrogens with zero attached hydrogens (tertiary/aromatic N) is 3. The Kier molecular flexibility index (Phi) is 5.28. The van der Waals surface area contributed by atoms with Gasteiger partial charge in [-0.15, -0.1) is 0 Å². The Labute approximate surface area is 181 Å². The van der Waals surface area contributed by atoms with Crippen LogP contribution in [0, 0.1) is 19.8 Å². The number of nitrogens with one attached hydrogen (secondary N) is 1. The number of ether oxygens (including phenoxy) is 1. The molecule has 1 atom stereocenters. The van der Waals surface area contributed by atoms with E-state index in [2.05, 4.69) is 20.4 Å². The van der Waals surface area contributed by atoms with E-state index in [9.17, 15) is 4.79 Å². The van der Waals surface area contributed by atoms with Crippen LogP contribution in [0.3, 0.4) is 0 Å². The maximum atomic E-state index is 12.8. The molecule has 0 saturated heterocycles. The van der Waals surface area contributed by atoms with Gasteiger partial charge in [0.25, 0.3) is 0 Å². The Morgan fingerprint density at radius 1 is 1.23 bits per heavy atom. The third kappa shape index (κ3) is 3.85. The molecule has 0 radical (unpaired) electrons. The molecule has 1 aliphatic heterocycles. The maximum absolute atomic E-state index is 12.8. The van der Waals surface area contributed by atoms with Crippen molar-refractivity contribution in [3.05, 3.63) is 58.7 Å². The van der Waals surface area contributed by atoms with Crippen molar-refractivity contribution in [2.24, 2.45) is 5.92 Å². The van der Waals surface area contributed by atoms with Crippen molar-refractivity contribution in [2.45, 2.75) is 52.2 Å². The van der Waals surface area contributed by atoms with Crippen LogP contribution >= 0.6 is 0 Å². The van der Waals surface area contributed by atoms with E-state index in [4.69, 9.17) is 9.26 Å². The number of ketones is 1. The van der Waals surface area contributed by atoms with E-state index in [1.54, 1.807) is 12.4 Å². The average molecular weight is 418 g/mol. The summed E-state index contributed by atoms with van der Waals surface area (Å²) in [6.07, 6.45) is 7.62. The first-order valence-corrected chi connectivity index (χ1v) is 10.9. The molecule has 2 aliphatic rings. The van der Waals surface area contributed by atoms with E-state index in [0.717, 1.165) is 65.9 Å². The number of pyridine rings is 2. The Morgan fingerprint density at radius 2 is 2.10 bits per heavy atom. The molecular formula is C24H26N4O3. The van der Waals surface area contributed by atoms with E-state index >= 15 is 0 Å². The fourth-order valence-electron chi connectivity index (χ4n) is 4.23. The molecule has 3 aromatic heterocycles. The van der Waals surface area contributed by atoms with Crippen molar-refractivity contribution in [1.82, 2.24) is 20.4 Å². The second-order valence-electron chi connectivity index (χ2n) is 8.43. The summed E-state index contributed by atoms with van der Waals surface area (Å²) in [6.45, 7) is 4.91. The fraction of sp³-hybridized carbons (Fsp3) is 0.417. The smallest absolute Gasteiger partial charge is 0.213 e. The Balaban J connectivity index is 1.34. The van der Waals surface area contributed by atoms with Gasteiger partial charge in [0, 0.05) is 42.2 Å². The number of hydrogen-bond acceptors (Lipinski definition) is 7. The topological polar surface area (TPSA) is 90.1 Å². The van der Waals surface area contributed by atoms with Crippen molar-refractivity contribution in [3.63, 3.8) is 0 Å². The molecule has 1 fully saturated rings. The molecule has 3 aromatic rings. The number of fused-ring (bicyclic) bond motifs is 1. The van der Waals surface area contributed by atoms with Crippen LogP contribution in [-0.2, 0) is 17.8 Å². The van der Waals surface area contributed by atoms with E-state index in [1.165, 1.54) is 0 Å². The van der Waals surface area contributed by atoms with Gasteiger partial charge < -0.3 is 14.6 Å². The molecule has 0 amide bonds. The zero-order chi connectivity index (χ0) is 21.4. The van der Waals surface area contributed by atoms with Gasteiger partial charge in [0.1, 0.15) is 18.1 Å². The Morgan fingerprint density at radius 3 is 2.84 bits per heavy atom. The second-order valence-corrected chi connectivity index (χ2v) is 8.43. The van der Waals surface area contributed by atoms with Gasteiger partial charge in [-0.25, -0.2) is 4.98 Å². The molecule has 7 nitrogen and oxygen atoms in total. The van der Waals surface area contributed by atoms with Crippen molar-refractivity contribution in [1.29, 1.82) is 0 Å². The highest BCUT2D eigenvalue weighted by atomic mass is 16.5. The molecule has 0 aromatic carbocycles. The third-order valence-electron chi connectivity index (χ3n) is 6.38. The number of rotatable bonds is 6. The average Bonchev–Trinajstić information content (AvgIpc) is 3.11. The van der Waals surface area contributed by atoms with Crippen molar-refractivity contribution in [3.8, 4) is 17.1 Å². The van der Waals surface area contributed by atoms with Crippen LogP contribution in [0.4, 0.5) is 0 Å². The first-order valence-electron chi connectivity index (χ1n) is 10.9. The minimum Gasteiger partial charge on any atom is -0.473 e. The van der Waals surface area contributed by atoms with Crippen LogP contribution in [0.1, 0.15) is 53.4 Å². The van der Waals surface area contributed by atoms with Crippen LogP contribution in [0.2, 0.25) is 0 Å². The van der Waals surface area contributed by atoms with Crippen LogP contribution in [0.5, 0.6) is 5.88 Å². The summed E-state index contributed by atoms with van der Waals surface area (Å²) in [7, 11) is 0. The summed E-state index contributed by atoms with van der Waals surface area (Å²) in [4.78, 5) is 21.6. The van der Waals surface area contributed by atoms with Crippen molar-refractivity contribution in [2.75, 3.05) is 6.54 Å². The minimum atomic E-state index is -0.239. The highest BCUT2D eigenvalue weighted by Crippen LogP contribution is 2.35. The van der Waals surface area contributed by atoms with Crippen LogP contribution in [0.25, 0.3) is 11.3 Å². The molecule has 1 unspecified atom stereocenters. The SMILES string of the molecule is Cc1ccc(-c2noc(C)c2COc2cc3c(cn2)C(C(=O)C2CCC2)NCC3)cn1. The van der Waals surface area contributed by atoms with Gasteiger partial charge in [0.2, 0.25) is 5.88 Å². The van der Waals surface area contributed by atoms with Gasteiger partial charge in [0.15, 0.2) is 5.78 Å². The lowest BCUT2D eigenvalue weighted by atomic mass is 9.77. The Bertz CT molecular complexity index is 1100. The summed E-state index contributed by atoms with van der Waals surface area (Å²) in [5.74, 6) is 1.76. The number of carbonyl (C=O) groups is 1. The first kappa shape index (κ1) is 19.9. The Hall–Kier alpha value is -3.06. The normalized spacial score (nSPS) is 18.3.